The first-order chi connectivity index (χ1) is 38.0. The maximum absolute atomic E-state index is 13.6. The summed E-state index contributed by atoms with van der Waals surface area (Å²) in [4.78, 5) is 66.5. The van der Waals surface area contributed by atoms with Crippen LogP contribution >= 0.6 is 0 Å². The Morgan fingerprint density at radius 2 is 1.05 bits per heavy atom. The number of nitrogens with one attached hydrogen (secondary N) is 4. The number of aromatic hydroxyl groups is 1. The molecule has 18 heteroatoms. The van der Waals surface area contributed by atoms with Crippen molar-refractivity contribution in [3.63, 3.8) is 0 Å². The minimum Gasteiger partial charge on any atom is -0.508 e. The highest BCUT2D eigenvalue weighted by molar-refractivity contribution is 6.02. The molecule has 2 fully saturated rings. The minimum atomic E-state index is -1.22. The number of fused-ring (bicyclic) bond motifs is 4. The molecule has 0 unspecified atom stereocenters. The number of benzene rings is 4. The van der Waals surface area contributed by atoms with Crippen LogP contribution in [0.5, 0.6) is 5.75 Å². The third-order valence-corrected chi connectivity index (χ3v) is 15.3. The van der Waals surface area contributed by atoms with Crippen molar-refractivity contribution in [2.45, 2.75) is 101 Å². The van der Waals surface area contributed by atoms with Crippen molar-refractivity contribution in [3.05, 3.63) is 174 Å². The predicted molar refractivity (Wildman–Crippen MR) is 292 cm³/mol. The Bertz CT molecular complexity index is 3840. The first-order valence-corrected chi connectivity index (χ1v) is 26.4. The lowest BCUT2D eigenvalue weighted by atomic mass is 9.84. The number of halogens is 1. The number of nitrogens with zero attached hydrogens (tertiary/aromatic N) is 6. The summed E-state index contributed by atoms with van der Waals surface area (Å²) in [5, 5.41) is 45.8. The molecule has 4 aromatic carbocycles. The second kappa shape index (κ2) is 22.2. The molecule has 2 aliphatic rings. The number of carboxylic acid groups (broad SMARTS) is 2. The molecule has 0 bridgehead atoms. The lowest BCUT2D eigenvalue weighted by Crippen LogP contribution is -2.42. The summed E-state index contributed by atoms with van der Waals surface area (Å²) < 4.78 is 17.1. The van der Waals surface area contributed by atoms with Gasteiger partial charge in [0.1, 0.15) is 34.8 Å². The van der Waals surface area contributed by atoms with Gasteiger partial charge in [0.25, 0.3) is 11.8 Å². The summed E-state index contributed by atoms with van der Waals surface area (Å²) in [6, 6.07) is 26.6. The number of rotatable bonds is 14. The topological polar surface area (TPSA) is 245 Å². The first-order valence-electron chi connectivity index (χ1n) is 26.4. The van der Waals surface area contributed by atoms with E-state index < -0.39 is 35.8 Å². The van der Waals surface area contributed by atoms with E-state index in [0.717, 1.165) is 113 Å². The molecule has 2 amide bonds. The van der Waals surface area contributed by atoms with Crippen LogP contribution in [0.1, 0.15) is 119 Å². The number of phenolic OH excluding ortho intramolecular Hbond substituents is 1. The zero-order chi connectivity index (χ0) is 53.9. The van der Waals surface area contributed by atoms with Crippen LogP contribution in [0, 0.1) is 5.82 Å². The van der Waals surface area contributed by atoms with Crippen LogP contribution in [0.4, 0.5) is 4.39 Å². The monoisotopic (exact) mass is 1050 g/mol. The second-order valence-corrected chi connectivity index (χ2v) is 20.3. The van der Waals surface area contributed by atoms with Crippen LogP contribution in [0.3, 0.4) is 0 Å². The van der Waals surface area contributed by atoms with Gasteiger partial charge in [-0.2, -0.15) is 10.2 Å². The van der Waals surface area contributed by atoms with Gasteiger partial charge in [0.15, 0.2) is 11.3 Å². The number of hydrogen-bond donors (Lipinski definition) is 7. The Kier molecular flexibility index (Phi) is 14.5. The molecule has 2 aliphatic carbocycles. The van der Waals surface area contributed by atoms with Gasteiger partial charge in [-0.25, -0.2) is 33.0 Å². The molecule has 10 aromatic rings. The van der Waals surface area contributed by atoms with Crippen molar-refractivity contribution in [1.29, 1.82) is 0 Å². The van der Waals surface area contributed by atoms with E-state index in [-0.39, 0.29) is 41.5 Å². The van der Waals surface area contributed by atoms with E-state index in [9.17, 15) is 38.9 Å². The van der Waals surface area contributed by atoms with Crippen LogP contribution in [-0.4, -0.2) is 90.3 Å². The molecule has 78 heavy (non-hydrogen) atoms. The maximum atomic E-state index is 13.6. The zero-order valence-corrected chi connectivity index (χ0v) is 42.5. The van der Waals surface area contributed by atoms with Crippen molar-refractivity contribution >= 4 is 56.9 Å². The Hall–Kier alpha value is -9.19. The molecule has 396 valence electrons. The van der Waals surface area contributed by atoms with E-state index in [4.69, 9.17) is 0 Å². The number of H-pyrrole nitrogens is 2. The average Bonchev–Trinajstić information content (AvgIpc) is 4.36. The molecule has 0 radical (unpaired) electrons. The normalized spacial score (nSPS) is 15.0. The summed E-state index contributed by atoms with van der Waals surface area (Å²) >= 11 is 0. The van der Waals surface area contributed by atoms with Crippen LogP contribution in [0.25, 0.3) is 55.4 Å². The predicted octanol–water partition coefficient (Wildman–Crippen LogP) is 10.5. The lowest BCUT2D eigenvalue weighted by Gasteiger charge is -2.25. The molecule has 6 aromatic heterocycles. The van der Waals surface area contributed by atoms with Gasteiger partial charge >= 0.3 is 11.9 Å². The number of amides is 2. The third-order valence-electron chi connectivity index (χ3n) is 15.3. The van der Waals surface area contributed by atoms with E-state index in [2.05, 4.69) is 52.9 Å². The van der Waals surface area contributed by atoms with E-state index in [0.29, 0.717) is 28.2 Å². The fourth-order valence-corrected chi connectivity index (χ4v) is 11.4. The largest absolute Gasteiger partial charge is 0.508 e. The fraction of sp³-hybridized carbons (Fsp3) is 0.267. The number of hydrogen-bond acceptors (Lipinski definition) is 9. The number of para-hydroxylation sites is 1. The number of carbonyl (C=O) groups excluding carboxylic acids is 2. The summed E-state index contributed by atoms with van der Waals surface area (Å²) in [5.41, 5.74) is 10.1. The fourth-order valence-electron chi connectivity index (χ4n) is 11.4. The summed E-state index contributed by atoms with van der Waals surface area (Å²) in [6.45, 7) is 0. The molecule has 0 aliphatic heterocycles. The molecule has 12 rings (SSSR count). The lowest BCUT2D eigenvalue weighted by molar-refractivity contribution is -0.140. The van der Waals surface area contributed by atoms with Crippen LogP contribution < -0.4 is 10.6 Å². The van der Waals surface area contributed by atoms with Gasteiger partial charge in [-0.1, -0.05) is 99.2 Å². The molecule has 6 heterocycles. The molecule has 2 atom stereocenters. The summed E-state index contributed by atoms with van der Waals surface area (Å²) in [5.74, 6) is -3.13. The molecule has 0 spiro atoms. The molecule has 0 saturated heterocycles. The second-order valence-electron chi connectivity index (χ2n) is 20.3. The van der Waals surface area contributed by atoms with E-state index in [1.807, 2.05) is 48.7 Å². The van der Waals surface area contributed by atoms with E-state index in [1.165, 1.54) is 30.9 Å². The van der Waals surface area contributed by atoms with E-state index >= 15 is 0 Å². The van der Waals surface area contributed by atoms with E-state index in [1.54, 1.807) is 58.0 Å². The quantitative estimate of drug-likeness (QED) is 0.0540. The maximum Gasteiger partial charge on any atom is 0.326 e. The highest BCUT2D eigenvalue weighted by Crippen LogP contribution is 2.40. The van der Waals surface area contributed by atoms with Crippen LogP contribution in [0.15, 0.2) is 134 Å². The van der Waals surface area contributed by atoms with Gasteiger partial charge in [-0.3, -0.25) is 9.59 Å². The Morgan fingerprint density at radius 3 is 1.58 bits per heavy atom. The summed E-state index contributed by atoms with van der Waals surface area (Å²) in [6.07, 6.45) is 21.0. The number of aromatic amines is 2. The van der Waals surface area contributed by atoms with Gasteiger partial charge in [0, 0.05) is 82.4 Å². The first kappa shape index (κ1) is 50.9. The SMILES string of the molecule is O=C(N[C@@H](Cc1c[nH]c2ccc(O)cc12)C(=O)O)c1cnn2c(C3CCCCC3)c(-c3ccc(F)cc3)cnc12.O=C(N[C@@H](Cc1c[nH]c2ccccc12)C(=O)O)c1cnn2c(C3CCCCC3)c(-c3ccccc3)cnc12. The number of carboxylic acids is 2. The molecular formula is C60H57FN10O7. The van der Waals surface area contributed by atoms with Crippen molar-refractivity contribution in [3.8, 4) is 28.0 Å². The van der Waals surface area contributed by atoms with Crippen molar-refractivity contribution in [1.82, 2.24) is 49.8 Å². The van der Waals surface area contributed by atoms with Gasteiger partial charge < -0.3 is 35.9 Å². The average molecular weight is 1050 g/mol. The van der Waals surface area contributed by atoms with Gasteiger partial charge in [-0.15, -0.1) is 0 Å². The molecule has 2 saturated carbocycles. The minimum absolute atomic E-state index is 0.0131. The Morgan fingerprint density at radius 1 is 0.577 bits per heavy atom. The summed E-state index contributed by atoms with van der Waals surface area (Å²) in [7, 11) is 0. The van der Waals surface area contributed by atoms with Crippen LogP contribution in [0.2, 0.25) is 0 Å². The van der Waals surface area contributed by atoms with Gasteiger partial charge in [0.05, 0.1) is 23.8 Å². The van der Waals surface area contributed by atoms with Crippen LogP contribution in [-0.2, 0) is 22.4 Å². The van der Waals surface area contributed by atoms with Crippen molar-refractivity contribution in [2.75, 3.05) is 0 Å². The standard InChI is InChI=1S/C30H28FN5O4.C30H29N5O3/c31-20-8-6-17(7-9-20)23-15-33-28-24(16-34-36(28)27(23)18-4-2-1-3-5-18)29(38)35-26(30(39)40)12-19-14-32-25-11-10-21(37)13-22(19)25;36-29(34-26(30(37)38)15-21-16-31-25-14-8-7-13-22(21)25)24-18-33-35-27(20-11-5-2-6-12-20)23(17-32-28(24)35)19-9-3-1-4-10-19/h6-11,13-16,18,26,32,37H,1-5,12H2,(H,35,38)(H,39,40);1,3-4,7-10,13-14,16-18,20,26,31H,2,5-6,11-12,15H2,(H,34,36)(H,37,38)/t2*26-/m00/s1. The highest BCUT2D eigenvalue weighted by Gasteiger charge is 2.31. The van der Waals surface area contributed by atoms with Crippen molar-refractivity contribution < 1.29 is 38.9 Å². The third kappa shape index (κ3) is 10.4. The number of aliphatic carboxylic acids is 2. The Labute approximate surface area is 446 Å². The van der Waals surface area contributed by atoms with Crippen molar-refractivity contribution in [2.24, 2.45) is 0 Å². The number of aromatic nitrogens is 8. The highest BCUT2D eigenvalue weighted by atomic mass is 19.1. The molecule has 17 nitrogen and oxygen atoms in total. The number of carbonyl (C=O) groups is 4. The zero-order valence-electron chi connectivity index (χ0n) is 42.5. The smallest absolute Gasteiger partial charge is 0.326 e. The Balaban J connectivity index is 0.000000166. The molecular weight excluding hydrogens is 992 g/mol. The van der Waals surface area contributed by atoms with Gasteiger partial charge in [-0.05, 0) is 84.3 Å². The molecule has 7 N–H and O–H groups in total. The number of phenols is 1. The van der Waals surface area contributed by atoms with Gasteiger partial charge in [0.2, 0.25) is 0 Å².